The highest BCUT2D eigenvalue weighted by Crippen LogP contribution is 2.39. The first kappa shape index (κ1) is 9.56. The summed E-state index contributed by atoms with van der Waals surface area (Å²) in [5.41, 5.74) is 7.29. The average molecular weight is 184 g/mol. The first-order valence-corrected chi connectivity index (χ1v) is 4.18. The van der Waals surface area contributed by atoms with E-state index < -0.39 is 0 Å². The van der Waals surface area contributed by atoms with Crippen LogP contribution in [0.1, 0.15) is 25.9 Å². The zero-order valence-electron chi connectivity index (χ0n) is 7.91. The lowest BCUT2D eigenvalue weighted by Gasteiger charge is -2.09. The molecule has 0 radical (unpaired) electrons. The van der Waals surface area contributed by atoms with Gasteiger partial charge in [0.15, 0.2) is 0 Å². The Kier molecular flexibility index (Phi) is 3.12. The van der Waals surface area contributed by atoms with Crippen molar-refractivity contribution in [3.8, 4) is 0 Å². The molecule has 66 valence electrons. The van der Waals surface area contributed by atoms with E-state index in [-0.39, 0.29) is 19.9 Å². The second-order valence-corrected chi connectivity index (χ2v) is 3.27. The molecule has 2 heteroatoms. The van der Waals surface area contributed by atoms with Gasteiger partial charge >= 0.3 is 1.43 Å². The molecule has 0 amide bonds. The van der Waals surface area contributed by atoms with Crippen LogP contribution in [-0.4, -0.2) is 0 Å². The fourth-order valence-electron chi connectivity index (χ4n) is 1.40. The summed E-state index contributed by atoms with van der Waals surface area (Å²) in [7, 11) is 0. The van der Waals surface area contributed by atoms with Crippen LogP contribution in [0.4, 0.5) is 0 Å². The molecular formula is C10H14ClN. The van der Waals surface area contributed by atoms with E-state index in [0.29, 0.717) is 0 Å². The van der Waals surface area contributed by atoms with E-state index in [1.165, 1.54) is 18.4 Å². The molecule has 1 atom stereocenters. The van der Waals surface area contributed by atoms with Crippen molar-refractivity contribution in [3.05, 3.63) is 35.9 Å². The van der Waals surface area contributed by atoms with Crippen molar-refractivity contribution >= 4 is 0 Å². The molecule has 0 aromatic heterocycles. The molecule has 2 rings (SSSR count). The van der Waals surface area contributed by atoms with E-state index in [2.05, 4.69) is 24.3 Å². The van der Waals surface area contributed by atoms with Crippen LogP contribution in [0.3, 0.4) is 0 Å². The van der Waals surface area contributed by atoms with Crippen LogP contribution in [0.25, 0.3) is 0 Å². The maximum absolute atomic E-state index is 6.00. The van der Waals surface area contributed by atoms with Gasteiger partial charge in [-0.05, 0) is 24.3 Å². The average Bonchev–Trinajstić information content (AvgIpc) is 2.87. The molecule has 1 unspecified atom stereocenters. The predicted molar refractivity (Wildman–Crippen MR) is 47.2 cm³/mol. The van der Waals surface area contributed by atoms with E-state index in [9.17, 15) is 0 Å². The van der Waals surface area contributed by atoms with Crippen molar-refractivity contribution in [2.45, 2.75) is 18.9 Å². The summed E-state index contributed by atoms with van der Waals surface area (Å²) in [5, 5.41) is 0. The number of benzene rings is 1. The normalized spacial score (nSPS) is 18.1. The third-order valence-electron chi connectivity index (χ3n) is 2.31. The van der Waals surface area contributed by atoms with Gasteiger partial charge < -0.3 is 18.1 Å². The largest absolute Gasteiger partial charge is 1.00 e. The SMILES string of the molecule is NC(c1ccccc1)C1CC1.[Cl-].[H+]. The molecule has 1 saturated carbocycles. The minimum absolute atomic E-state index is 0. The van der Waals surface area contributed by atoms with Crippen LogP contribution in [-0.2, 0) is 0 Å². The van der Waals surface area contributed by atoms with Crippen LogP contribution in [0.2, 0.25) is 0 Å². The third-order valence-corrected chi connectivity index (χ3v) is 2.31. The van der Waals surface area contributed by atoms with Gasteiger partial charge in [0.2, 0.25) is 0 Å². The summed E-state index contributed by atoms with van der Waals surface area (Å²) in [6.45, 7) is 0. The van der Waals surface area contributed by atoms with Crippen molar-refractivity contribution in [2.24, 2.45) is 11.7 Å². The van der Waals surface area contributed by atoms with Crippen molar-refractivity contribution in [1.82, 2.24) is 0 Å². The third kappa shape index (κ3) is 1.99. The molecular weight excluding hydrogens is 170 g/mol. The molecule has 1 aromatic carbocycles. The van der Waals surface area contributed by atoms with Gasteiger partial charge in [0.1, 0.15) is 0 Å². The summed E-state index contributed by atoms with van der Waals surface area (Å²) in [6, 6.07) is 10.7. The molecule has 0 saturated heterocycles. The fraction of sp³-hybridized carbons (Fsp3) is 0.400. The lowest BCUT2D eigenvalue weighted by atomic mass is 10.0. The van der Waals surface area contributed by atoms with Crippen molar-refractivity contribution in [3.63, 3.8) is 0 Å². The Bertz CT molecular complexity index is 236. The van der Waals surface area contributed by atoms with Gasteiger partial charge in [0.25, 0.3) is 0 Å². The lowest BCUT2D eigenvalue weighted by Crippen LogP contribution is -3.00. The van der Waals surface area contributed by atoms with Crippen LogP contribution in [0.15, 0.2) is 30.3 Å². The van der Waals surface area contributed by atoms with E-state index in [4.69, 9.17) is 5.73 Å². The minimum Gasteiger partial charge on any atom is -1.00 e. The minimum atomic E-state index is 0. The first-order chi connectivity index (χ1) is 5.38. The van der Waals surface area contributed by atoms with Gasteiger partial charge in [-0.15, -0.1) is 0 Å². The molecule has 1 aliphatic carbocycles. The summed E-state index contributed by atoms with van der Waals surface area (Å²) >= 11 is 0. The van der Waals surface area contributed by atoms with Crippen LogP contribution < -0.4 is 18.1 Å². The molecule has 0 aliphatic heterocycles. The Morgan fingerprint density at radius 3 is 2.33 bits per heavy atom. The zero-order chi connectivity index (χ0) is 7.68. The number of hydrogen-bond acceptors (Lipinski definition) is 1. The number of nitrogens with two attached hydrogens (primary N) is 1. The lowest BCUT2D eigenvalue weighted by molar-refractivity contribution is -0.00000232. The van der Waals surface area contributed by atoms with Gasteiger partial charge in [0, 0.05) is 6.04 Å². The highest BCUT2D eigenvalue weighted by Gasteiger charge is 2.28. The monoisotopic (exact) mass is 183 g/mol. The summed E-state index contributed by atoms with van der Waals surface area (Å²) in [5.74, 6) is 0.761. The van der Waals surface area contributed by atoms with Crippen molar-refractivity contribution in [2.75, 3.05) is 0 Å². The Morgan fingerprint density at radius 1 is 1.25 bits per heavy atom. The molecule has 1 aliphatic rings. The van der Waals surface area contributed by atoms with Gasteiger partial charge in [-0.1, -0.05) is 30.3 Å². The smallest absolute Gasteiger partial charge is 1.00 e. The molecule has 12 heavy (non-hydrogen) atoms. The van der Waals surface area contributed by atoms with Crippen molar-refractivity contribution in [1.29, 1.82) is 0 Å². The number of rotatable bonds is 2. The highest BCUT2D eigenvalue weighted by atomic mass is 35.5. The standard InChI is InChI=1S/C10H13N.ClH/c11-10(9-6-7-9)8-4-2-1-3-5-8;/h1-5,9-10H,6-7,11H2;1H. The first-order valence-electron chi connectivity index (χ1n) is 4.18. The Labute approximate surface area is 80.9 Å². The fourth-order valence-corrected chi connectivity index (χ4v) is 1.40. The Morgan fingerprint density at radius 2 is 1.83 bits per heavy atom. The molecule has 0 heterocycles. The molecule has 2 N–H and O–H groups in total. The molecule has 0 spiro atoms. The Hall–Kier alpha value is -0.530. The van der Waals surface area contributed by atoms with Gasteiger partial charge in [-0.2, -0.15) is 0 Å². The molecule has 1 fully saturated rings. The van der Waals surface area contributed by atoms with E-state index in [1.54, 1.807) is 0 Å². The quantitative estimate of drug-likeness (QED) is 0.640. The highest BCUT2D eigenvalue weighted by molar-refractivity contribution is 5.20. The summed E-state index contributed by atoms with van der Waals surface area (Å²) in [6.07, 6.45) is 2.63. The second-order valence-electron chi connectivity index (χ2n) is 3.27. The predicted octanol–water partition coefficient (Wildman–Crippen LogP) is -0.787. The van der Waals surface area contributed by atoms with E-state index in [0.717, 1.165) is 5.92 Å². The van der Waals surface area contributed by atoms with Gasteiger partial charge in [-0.3, -0.25) is 0 Å². The van der Waals surface area contributed by atoms with E-state index in [1.807, 2.05) is 6.07 Å². The maximum Gasteiger partial charge on any atom is 1.00 e. The molecule has 0 bridgehead atoms. The number of hydrogen-bond donors (Lipinski definition) is 1. The molecule has 1 aromatic rings. The zero-order valence-corrected chi connectivity index (χ0v) is 7.67. The van der Waals surface area contributed by atoms with Gasteiger partial charge in [0.05, 0.1) is 0 Å². The molecule has 1 nitrogen and oxygen atoms in total. The second kappa shape index (κ2) is 3.92. The van der Waals surface area contributed by atoms with Crippen LogP contribution >= 0.6 is 0 Å². The van der Waals surface area contributed by atoms with E-state index >= 15 is 0 Å². The summed E-state index contributed by atoms with van der Waals surface area (Å²) in [4.78, 5) is 0. The Balaban J connectivity index is 0.000000720. The topological polar surface area (TPSA) is 26.0 Å². The summed E-state index contributed by atoms with van der Waals surface area (Å²) < 4.78 is 0. The van der Waals surface area contributed by atoms with Crippen molar-refractivity contribution < 1.29 is 13.8 Å². The van der Waals surface area contributed by atoms with Crippen LogP contribution in [0.5, 0.6) is 0 Å². The number of halogens is 1. The van der Waals surface area contributed by atoms with Crippen LogP contribution in [0, 0.1) is 5.92 Å². The van der Waals surface area contributed by atoms with Gasteiger partial charge in [-0.25, -0.2) is 0 Å². The maximum atomic E-state index is 6.00.